The summed E-state index contributed by atoms with van der Waals surface area (Å²) >= 11 is 0. The zero-order chi connectivity index (χ0) is 12.4. The fourth-order valence-electron chi connectivity index (χ4n) is 2.19. The Hall–Kier alpha value is -1.61. The van der Waals surface area contributed by atoms with Crippen molar-refractivity contribution in [2.24, 2.45) is 12.8 Å². The van der Waals surface area contributed by atoms with Crippen LogP contribution in [0.1, 0.15) is 17.0 Å². The molecular weight excluding hydrogens is 210 g/mol. The summed E-state index contributed by atoms with van der Waals surface area (Å²) in [4.78, 5) is 0. The Labute approximate surface area is 102 Å². The van der Waals surface area contributed by atoms with E-state index in [1.807, 2.05) is 11.7 Å². The van der Waals surface area contributed by atoms with E-state index in [0.29, 0.717) is 6.54 Å². The summed E-state index contributed by atoms with van der Waals surface area (Å²) in [6, 6.07) is 8.42. The highest BCUT2D eigenvalue weighted by molar-refractivity contribution is 5.71. The predicted molar refractivity (Wildman–Crippen MR) is 70.9 cm³/mol. The van der Waals surface area contributed by atoms with E-state index in [4.69, 9.17) is 5.73 Å². The van der Waals surface area contributed by atoms with Gasteiger partial charge in [0, 0.05) is 24.7 Å². The molecule has 17 heavy (non-hydrogen) atoms. The number of nitrogens with two attached hydrogens (primary N) is 1. The largest absolute Gasteiger partial charge is 0.330 e. The fourth-order valence-corrected chi connectivity index (χ4v) is 2.19. The first-order valence-electron chi connectivity index (χ1n) is 5.93. The van der Waals surface area contributed by atoms with Gasteiger partial charge in [-0.2, -0.15) is 5.10 Å². The van der Waals surface area contributed by atoms with Crippen LogP contribution >= 0.6 is 0 Å². The number of aromatic nitrogens is 2. The van der Waals surface area contributed by atoms with Crippen molar-refractivity contribution in [1.82, 2.24) is 9.78 Å². The topological polar surface area (TPSA) is 43.8 Å². The van der Waals surface area contributed by atoms with Gasteiger partial charge in [-0.1, -0.05) is 24.3 Å². The lowest BCUT2D eigenvalue weighted by molar-refractivity contribution is 0.718. The average molecular weight is 229 g/mol. The van der Waals surface area contributed by atoms with Crippen molar-refractivity contribution in [3.63, 3.8) is 0 Å². The first kappa shape index (κ1) is 11.9. The quantitative estimate of drug-likeness (QED) is 0.877. The van der Waals surface area contributed by atoms with Crippen LogP contribution < -0.4 is 5.73 Å². The molecule has 1 aromatic heterocycles. The molecular formula is C14H19N3. The maximum Gasteiger partial charge on any atom is 0.0718 e. The number of benzene rings is 1. The van der Waals surface area contributed by atoms with Gasteiger partial charge in [-0.3, -0.25) is 4.68 Å². The van der Waals surface area contributed by atoms with E-state index >= 15 is 0 Å². The Kier molecular flexibility index (Phi) is 3.29. The second kappa shape index (κ2) is 4.72. The van der Waals surface area contributed by atoms with Crippen molar-refractivity contribution < 1.29 is 0 Å². The summed E-state index contributed by atoms with van der Waals surface area (Å²) in [6.45, 7) is 4.87. The molecule has 0 radical (unpaired) electrons. The van der Waals surface area contributed by atoms with Crippen LogP contribution in [0.3, 0.4) is 0 Å². The van der Waals surface area contributed by atoms with Crippen LogP contribution in [-0.4, -0.2) is 16.3 Å². The summed E-state index contributed by atoms with van der Waals surface area (Å²) < 4.78 is 1.94. The van der Waals surface area contributed by atoms with Crippen LogP contribution in [0.2, 0.25) is 0 Å². The zero-order valence-corrected chi connectivity index (χ0v) is 10.7. The lowest BCUT2D eigenvalue weighted by Gasteiger charge is -2.07. The lowest BCUT2D eigenvalue weighted by atomic mass is 9.98. The molecule has 0 saturated heterocycles. The Balaban J connectivity index is 2.61. The second-order valence-corrected chi connectivity index (χ2v) is 4.38. The van der Waals surface area contributed by atoms with Crippen LogP contribution in [0.5, 0.6) is 0 Å². The Morgan fingerprint density at radius 2 is 1.94 bits per heavy atom. The molecule has 0 bridgehead atoms. The number of hydrogen-bond acceptors (Lipinski definition) is 2. The van der Waals surface area contributed by atoms with E-state index < -0.39 is 0 Å². The lowest BCUT2D eigenvalue weighted by Crippen LogP contribution is -2.04. The van der Waals surface area contributed by atoms with E-state index in [2.05, 4.69) is 43.2 Å². The molecule has 3 heteroatoms. The molecule has 1 heterocycles. The maximum atomic E-state index is 5.66. The highest BCUT2D eigenvalue weighted by atomic mass is 15.3. The van der Waals surface area contributed by atoms with Crippen LogP contribution in [0, 0.1) is 13.8 Å². The van der Waals surface area contributed by atoms with Gasteiger partial charge in [0.1, 0.15) is 0 Å². The van der Waals surface area contributed by atoms with Gasteiger partial charge in [0.05, 0.1) is 5.69 Å². The zero-order valence-electron chi connectivity index (χ0n) is 10.7. The summed E-state index contributed by atoms with van der Waals surface area (Å²) in [7, 11) is 1.98. The van der Waals surface area contributed by atoms with Crippen LogP contribution in [-0.2, 0) is 13.5 Å². The third kappa shape index (κ3) is 2.11. The molecule has 2 N–H and O–H groups in total. The van der Waals surface area contributed by atoms with E-state index in [0.717, 1.165) is 12.1 Å². The monoisotopic (exact) mass is 229 g/mol. The van der Waals surface area contributed by atoms with Gasteiger partial charge in [0.15, 0.2) is 0 Å². The molecule has 0 atom stereocenters. The van der Waals surface area contributed by atoms with Gasteiger partial charge in [-0.15, -0.1) is 0 Å². The van der Waals surface area contributed by atoms with Crippen molar-refractivity contribution in [3.8, 4) is 11.1 Å². The second-order valence-electron chi connectivity index (χ2n) is 4.38. The fraction of sp³-hybridized carbons (Fsp3) is 0.357. The molecule has 90 valence electrons. The minimum Gasteiger partial charge on any atom is -0.330 e. The molecule has 0 fully saturated rings. The van der Waals surface area contributed by atoms with E-state index in [1.165, 1.54) is 22.4 Å². The maximum absolute atomic E-state index is 5.66. The number of aryl methyl sites for hydroxylation is 2. The van der Waals surface area contributed by atoms with Crippen LogP contribution in [0.15, 0.2) is 24.3 Å². The smallest absolute Gasteiger partial charge is 0.0718 e. The molecule has 0 spiro atoms. The summed E-state index contributed by atoms with van der Waals surface area (Å²) in [6.07, 6.45) is 0.825. The standard InChI is InChI=1S/C14H19N3/c1-10-6-4-5-7-12(10)14-11(2)17(3)16-13(14)8-9-15/h4-7H,8-9,15H2,1-3H3. The Morgan fingerprint density at radius 1 is 1.24 bits per heavy atom. The van der Waals surface area contributed by atoms with Crippen molar-refractivity contribution in [3.05, 3.63) is 41.2 Å². The summed E-state index contributed by atoms with van der Waals surface area (Å²) in [5, 5.41) is 4.55. The van der Waals surface area contributed by atoms with Gasteiger partial charge < -0.3 is 5.73 Å². The molecule has 0 aliphatic heterocycles. The van der Waals surface area contributed by atoms with Crippen molar-refractivity contribution in [2.75, 3.05) is 6.54 Å². The Bertz CT molecular complexity index is 526. The molecule has 3 nitrogen and oxygen atoms in total. The van der Waals surface area contributed by atoms with E-state index in [1.54, 1.807) is 0 Å². The molecule has 1 aromatic carbocycles. The number of rotatable bonds is 3. The van der Waals surface area contributed by atoms with E-state index in [-0.39, 0.29) is 0 Å². The number of hydrogen-bond donors (Lipinski definition) is 1. The Morgan fingerprint density at radius 3 is 2.59 bits per heavy atom. The van der Waals surface area contributed by atoms with Crippen molar-refractivity contribution in [2.45, 2.75) is 20.3 Å². The summed E-state index contributed by atoms with van der Waals surface area (Å²) in [5.41, 5.74) is 11.7. The highest BCUT2D eigenvalue weighted by Crippen LogP contribution is 2.29. The summed E-state index contributed by atoms with van der Waals surface area (Å²) in [5.74, 6) is 0. The van der Waals surface area contributed by atoms with Gasteiger partial charge in [0.2, 0.25) is 0 Å². The normalized spacial score (nSPS) is 10.8. The minimum absolute atomic E-state index is 0.634. The van der Waals surface area contributed by atoms with Crippen LogP contribution in [0.25, 0.3) is 11.1 Å². The molecule has 0 unspecified atom stereocenters. The first-order chi connectivity index (χ1) is 8.15. The third-order valence-electron chi connectivity index (χ3n) is 3.20. The SMILES string of the molecule is Cc1ccccc1-c1c(CCN)nn(C)c1C. The highest BCUT2D eigenvalue weighted by Gasteiger charge is 2.15. The van der Waals surface area contributed by atoms with Crippen molar-refractivity contribution in [1.29, 1.82) is 0 Å². The molecule has 0 saturated carbocycles. The molecule has 0 amide bonds. The molecule has 2 rings (SSSR count). The van der Waals surface area contributed by atoms with Gasteiger partial charge in [-0.05, 0) is 31.5 Å². The van der Waals surface area contributed by atoms with Gasteiger partial charge >= 0.3 is 0 Å². The number of nitrogens with zero attached hydrogens (tertiary/aromatic N) is 2. The van der Waals surface area contributed by atoms with Gasteiger partial charge in [-0.25, -0.2) is 0 Å². The molecule has 2 aromatic rings. The third-order valence-corrected chi connectivity index (χ3v) is 3.20. The van der Waals surface area contributed by atoms with E-state index in [9.17, 15) is 0 Å². The van der Waals surface area contributed by atoms with Crippen molar-refractivity contribution >= 4 is 0 Å². The molecule has 0 aliphatic carbocycles. The van der Waals surface area contributed by atoms with Crippen LogP contribution in [0.4, 0.5) is 0 Å². The first-order valence-corrected chi connectivity index (χ1v) is 5.93. The molecule has 0 aliphatic rings. The van der Waals surface area contributed by atoms with Gasteiger partial charge in [0.25, 0.3) is 0 Å². The predicted octanol–water partition coefficient (Wildman–Crippen LogP) is 2.21. The average Bonchev–Trinajstić information content (AvgIpc) is 2.57. The minimum atomic E-state index is 0.634.